The fourth-order valence-corrected chi connectivity index (χ4v) is 3.83. The second-order valence-corrected chi connectivity index (χ2v) is 9.34. The molecular formula is C28H40N2O5. The molecule has 0 aliphatic heterocycles. The zero-order valence-corrected chi connectivity index (χ0v) is 21.3. The third-order valence-electron chi connectivity index (χ3n) is 5.76. The van der Waals surface area contributed by atoms with E-state index in [4.69, 9.17) is 9.15 Å². The molecule has 0 unspecified atom stereocenters. The highest BCUT2D eigenvalue weighted by Crippen LogP contribution is 2.12. The van der Waals surface area contributed by atoms with Crippen LogP contribution < -0.4 is 10.6 Å². The third-order valence-corrected chi connectivity index (χ3v) is 5.76. The molecule has 2 amide bonds. The molecule has 7 heteroatoms. The number of nitrogens with one attached hydrogen (secondary N) is 2. The molecule has 0 spiro atoms. The Hall–Kier alpha value is -3.09. The van der Waals surface area contributed by atoms with Gasteiger partial charge in [0.1, 0.15) is 18.4 Å². The van der Waals surface area contributed by atoms with Crippen LogP contribution in [0.3, 0.4) is 0 Å². The summed E-state index contributed by atoms with van der Waals surface area (Å²) in [5.41, 5.74) is 0.866. The Kier molecular flexibility index (Phi) is 12.7. The van der Waals surface area contributed by atoms with Crippen molar-refractivity contribution >= 4 is 17.8 Å². The van der Waals surface area contributed by atoms with Gasteiger partial charge in [0.05, 0.1) is 12.3 Å². The van der Waals surface area contributed by atoms with Gasteiger partial charge in [-0.3, -0.25) is 9.59 Å². The largest absolute Gasteiger partial charge is 0.469 e. The summed E-state index contributed by atoms with van der Waals surface area (Å²) < 4.78 is 10.6. The van der Waals surface area contributed by atoms with Gasteiger partial charge in [0, 0.05) is 12.8 Å². The maximum Gasteiger partial charge on any atom is 0.408 e. The average Bonchev–Trinajstić information content (AvgIpc) is 3.36. The molecule has 2 N–H and O–H groups in total. The van der Waals surface area contributed by atoms with Gasteiger partial charge in [0.15, 0.2) is 5.78 Å². The number of rotatable bonds is 16. The monoisotopic (exact) mass is 484 g/mol. The number of unbranched alkanes of at least 4 members (excludes halogenated alkanes) is 2. The molecule has 1 aromatic heterocycles. The molecule has 35 heavy (non-hydrogen) atoms. The minimum absolute atomic E-state index is 0.0289. The van der Waals surface area contributed by atoms with Crippen LogP contribution in [0.5, 0.6) is 0 Å². The number of hydrogen-bond acceptors (Lipinski definition) is 5. The maximum absolute atomic E-state index is 13.1. The first-order valence-corrected chi connectivity index (χ1v) is 12.7. The van der Waals surface area contributed by atoms with Gasteiger partial charge in [-0.2, -0.15) is 0 Å². The van der Waals surface area contributed by atoms with Gasteiger partial charge >= 0.3 is 6.09 Å². The minimum atomic E-state index is -0.769. The molecule has 7 nitrogen and oxygen atoms in total. The molecule has 2 atom stereocenters. The molecule has 0 fully saturated rings. The lowest BCUT2D eigenvalue weighted by molar-refractivity contribution is -0.129. The number of hydrogen-bond donors (Lipinski definition) is 2. The molecule has 192 valence electrons. The Morgan fingerprint density at radius 1 is 0.943 bits per heavy atom. The van der Waals surface area contributed by atoms with Crippen molar-refractivity contribution < 1.29 is 23.5 Å². The lowest BCUT2D eigenvalue weighted by Crippen LogP contribution is -2.52. The topological polar surface area (TPSA) is 97.6 Å². The Balaban J connectivity index is 1.90. The van der Waals surface area contributed by atoms with E-state index in [9.17, 15) is 14.4 Å². The molecular weight excluding hydrogens is 444 g/mol. The molecule has 0 saturated carbocycles. The number of ketones is 1. The van der Waals surface area contributed by atoms with Crippen molar-refractivity contribution in [2.45, 2.75) is 90.8 Å². The fourth-order valence-electron chi connectivity index (χ4n) is 3.83. The first-order chi connectivity index (χ1) is 16.9. The van der Waals surface area contributed by atoms with Gasteiger partial charge in [0.2, 0.25) is 5.91 Å². The number of benzene rings is 1. The van der Waals surface area contributed by atoms with Crippen LogP contribution in [0.4, 0.5) is 4.79 Å². The summed E-state index contributed by atoms with van der Waals surface area (Å²) in [7, 11) is 0. The Morgan fingerprint density at radius 2 is 1.71 bits per heavy atom. The van der Waals surface area contributed by atoms with Crippen LogP contribution in [-0.2, 0) is 27.4 Å². The van der Waals surface area contributed by atoms with E-state index in [2.05, 4.69) is 17.6 Å². The van der Waals surface area contributed by atoms with Crippen molar-refractivity contribution in [3.63, 3.8) is 0 Å². The van der Waals surface area contributed by atoms with Crippen LogP contribution in [0, 0.1) is 5.92 Å². The van der Waals surface area contributed by atoms with Crippen LogP contribution in [0.2, 0.25) is 0 Å². The van der Waals surface area contributed by atoms with E-state index in [0.717, 1.165) is 43.4 Å². The van der Waals surface area contributed by atoms with Crippen LogP contribution >= 0.6 is 0 Å². The summed E-state index contributed by atoms with van der Waals surface area (Å²) in [6.07, 6.45) is 6.57. The minimum Gasteiger partial charge on any atom is -0.469 e. The van der Waals surface area contributed by atoms with E-state index >= 15 is 0 Å². The van der Waals surface area contributed by atoms with Crippen molar-refractivity contribution in [3.8, 4) is 0 Å². The van der Waals surface area contributed by atoms with Crippen LogP contribution in [0.1, 0.15) is 77.0 Å². The number of carbonyl (C=O) groups is 3. The molecule has 1 aromatic carbocycles. The first kappa shape index (κ1) is 28.1. The van der Waals surface area contributed by atoms with E-state index in [1.54, 1.807) is 6.26 Å². The fraction of sp³-hybridized carbons (Fsp3) is 0.536. The summed E-state index contributed by atoms with van der Waals surface area (Å²) in [5, 5.41) is 5.61. The first-order valence-electron chi connectivity index (χ1n) is 12.7. The smallest absolute Gasteiger partial charge is 0.408 e. The third kappa shape index (κ3) is 11.3. The number of furan rings is 1. The van der Waals surface area contributed by atoms with Gasteiger partial charge in [0.25, 0.3) is 0 Å². The molecule has 0 saturated heterocycles. The standard InChI is InChI=1S/C28H40N2O5/c1-4-5-16-24(26(31)17-10-9-14-23-15-11-18-34-23)29-27(32)25(19-21(2)3)30-28(33)35-20-22-12-7-6-8-13-22/h6-8,11-13,15,18,21,24-25H,4-5,9-10,14,16-17,19-20H2,1-3H3,(H,29,32)(H,30,33)/t24-,25-/m0/s1. The molecule has 0 radical (unpaired) electrons. The predicted octanol–water partition coefficient (Wildman–Crippen LogP) is 5.58. The summed E-state index contributed by atoms with van der Waals surface area (Å²) in [4.78, 5) is 38.4. The quantitative estimate of drug-likeness (QED) is 0.303. The summed E-state index contributed by atoms with van der Waals surface area (Å²) in [6.45, 7) is 6.14. The van der Waals surface area contributed by atoms with Crippen molar-refractivity contribution in [1.29, 1.82) is 0 Å². The van der Waals surface area contributed by atoms with E-state index in [1.807, 2.05) is 56.3 Å². The Labute approximate surface area is 209 Å². The normalized spacial score (nSPS) is 12.7. The van der Waals surface area contributed by atoms with Crippen molar-refractivity contribution in [2.75, 3.05) is 0 Å². The second-order valence-electron chi connectivity index (χ2n) is 9.34. The molecule has 1 heterocycles. The number of amides is 2. The number of alkyl carbamates (subject to hydrolysis) is 1. The zero-order chi connectivity index (χ0) is 25.5. The SMILES string of the molecule is CCCC[C@H](NC(=O)[C@H](CC(C)C)NC(=O)OCc1ccccc1)C(=O)CCCCc1ccco1. The second kappa shape index (κ2) is 15.7. The molecule has 0 aliphatic carbocycles. The van der Waals surface area contributed by atoms with E-state index in [1.165, 1.54) is 0 Å². The number of carbonyl (C=O) groups excluding carboxylic acids is 3. The Morgan fingerprint density at radius 3 is 2.37 bits per heavy atom. The highest BCUT2D eigenvalue weighted by Gasteiger charge is 2.27. The lowest BCUT2D eigenvalue weighted by Gasteiger charge is -2.24. The maximum atomic E-state index is 13.1. The van der Waals surface area contributed by atoms with Crippen LogP contribution in [0.15, 0.2) is 53.1 Å². The number of aryl methyl sites for hydroxylation is 1. The highest BCUT2D eigenvalue weighted by molar-refractivity contribution is 5.92. The van der Waals surface area contributed by atoms with Gasteiger partial charge < -0.3 is 19.8 Å². The molecule has 2 rings (SSSR count). The van der Waals surface area contributed by atoms with Gasteiger partial charge in [-0.25, -0.2) is 4.79 Å². The molecule has 0 aliphatic rings. The summed E-state index contributed by atoms with van der Waals surface area (Å²) in [5.74, 6) is 0.767. The van der Waals surface area contributed by atoms with E-state index in [-0.39, 0.29) is 24.2 Å². The number of Topliss-reactive ketones (excluding diaryl/α,β-unsaturated/α-hetero) is 1. The van der Waals surface area contributed by atoms with E-state index in [0.29, 0.717) is 19.3 Å². The molecule has 0 bridgehead atoms. The van der Waals surface area contributed by atoms with Gasteiger partial charge in [-0.05, 0) is 49.3 Å². The van der Waals surface area contributed by atoms with Gasteiger partial charge in [-0.15, -0.1) is 0 Å². The molecule has 2 aromatic rings. The lowest BCUT2D eigenvalue weighted by atomic mass is 9.98. The average molecular weight is 485 g/mol. The predicted molar refractivity (Wildman–Crippen MR) is 136 cm³/mol. The van der Waals surface area contributed by atoms with Crippen molar-refractivity contribution in [3.05, 3.63) is 60.1 Å². The van der Waals surface area contributed by atoms with Crippen molar-refractivity contribution in [2.24, 2.45) is 5.92 Å². The van der Waals surface area contributed by atoms with E-state index < -0.39 is 18.2 Å². The summed E-state index contributed by atoms with van der Waals surface area (Å²) >= 11 is 0. The van der Waals surface area contributed by atoms with Crippen LogP contribution in [-0.4, -0.2) is 29.9 Å². The Bertz CT molecular complexity index is 880. The van der Waals surface area contributed by atoms with Crippen molar-refractivity contribution in [1.82, 2.24) is 10.6 Å². The number of ether oxygens (including phenoxy) is 1. The summed E-state index contributed by atoms with van der Waals surface area (Å²) in [6, 6.07) is 11.8. The van der Waals surface area contributed by atoms with Gasteiger partial charge in [-0.1, -0.05) is 63.9 Å². The van der Waals surface area contributed by atoms with Crippen LogP contribution in [0.25, 0.3) is 0 Å². The zero-order valence-electron chi connectivity index (χ0n) is 21.3. The highest BCUT2D eigenvalue weighted by atomic mass is 16.5.